The fourth-order valence-electron chi connectivity index (χ4n) is 0.638. The van der Waals surface area contributed by atoms with E-state index in [9.17, 15) is 14.7 Å². The molecule has 0 radical (unpaired) electrons. The number of likely N-dealkylation sites (N-methyl/N-ethyl adjacent to an activating group) is 2. The number of carbonyl (C=O) groups excluding carboxylic acids is 2. The molecule has 0 rings (SSSR count). The van der Waals surface area contributed by atoms with E-state index in [4.69, 9.17) is 0 Å². The summed E-state index contributed by atoms with van der Waals surface area (Å²) in [5.74, 6) is 0. The Labute approximate surface area is 126 Å². The minimum absolute atomic E-state index is 0. The van der Waals surface area contributed by atoms with Crippen LogP contribution in [0.1, 0.15) is 0 Å². The molecule has 0 bridgehead atoms. The molecule has 0 aliphatic heterocycles. The van der Waals surface area contributed by atoms with Crippen LogP contribution in [0.5, 0.6) is 0 Å². The molecular weight excluding hydrogens is 215 g/mol. The van der Waals surface area contributed by atoms with Crippen LogP contribution in [0, 0.1) is 0 Å². The predicted octanol–water partition coefficient (Wildman–Crippen LogP) is -4.04. The van der Waals surface area contributed by atoms with E-state index in [1.54, 1.807) is 0 Å². The van der Waals surface area contributed by atoms with Crippen molar-refractivity contribution in [3.63, 3.8) is 0 Å². The zero-order valence-electron chi connectivity index (χ0n) is 8.94. The van der Waals surface area contributed by atoms with Crippen LogP contribution in [0.4, 0.5) is 9.59 Å². The average molecular weight is 228 g/mol. The van der Waals surface area contributed by atoms with Crippen molar-refractivity contribution in [2.75, 3.05) is 34.3 Å². The van der Waals surface area contributed by atoms with Crippen LogP contribution in [0.25, 0.3) is 0 Å². The largest absolute Gasteiger partial charge is 1.00 e. The molecule has 7 heteroatoms. The van der Waals surface area contributed by atoms with E-state index in [1.165, 1.54) is 26.1 Å². The molecule has 0 fully saturated rings. The number of carboxylic acid groups (broad SMARTS) is 1. The van der Waals surface area contributed by atoms with Gasteiger partial charge < -0.3 is 24.4 Å². The molecule has 0 aromatic carbocycles. The van der Waals surface area contributed by atoms with Crippen molar-refractivity contribution >= 4 is 12.2 Å². The molecular formula is C7H13KN2O4. The summed E-state index contributed by atoms with van der Waals surface area (Å²) in [5, 5.41) is 10.2. The Hall–Kier alpha value is 0.176. The maximum Gasteiger partial charge on any atom is 1.00 e. The quantitative estimate of drug-likeness (QED) is 0.461. The van der Waals surface area contributed by atoms with E-state index in [-0.39, 0.29) is 64.5 Å². The number of hydrogen-bond donors (Lipinski definition) is 0. The first-order valence-electron chi connectivity index (χ1n) is 3.70. The monoisotopic (exact) mass is 228 g/mol. The molecule has 2 amide bonds. The van der Waals surface area contributed by atoms with Crippen LogP contribution in [0.15, 0.2) is 0 Å². The molecule has 0 atom stereocenters. The Morgan fingerprint density at radius 2 is 1.64 bits per heavy atom. The summed E-state index contributed by atoms with van der Waals surface area (Å²) in [6.07, 6.45) is -1.76. The first-order valence-corrected chi connectivity index (χ1v) is 3.70. The van der Waals surface area contributed by atoms with Gasteiger partial charge >= 0.3 is 57.5 Å². The molecule has 6 nitrogen and oxygen atoms in total. The van der Waals surface area contributed by atoms with E-state index in [0.717, 1.165) is 4.90 Å². The third kappa shape index (κ3) is 6.60. The summed E-state index contributed by atoms with van der Waals surface area (Å²) < 4.78 is 4.41. The van der Waals surface area contributed by atoms with Gasteiger partial charge in [0.1, 0.15) is 6.09 Å². The fourth-order valence-corrected chi connectivity index (χ4v) is 0.638. The molecule has 0 aliphatic carbocycles. The minimum atomic E-state index is -1.27. The zero-order valence-corrected chi connectivity index (χ0v) is 12.1. The first kappa shape index (κ1) is 16.6. The number of ether oxygens (including phenoxy) is 1. The molecule has 0 aliphatic rings. The molecule has 0 saturated heterocycles. The van der Waals surface area contributed by atoms with Crippen molar-refractivity contribution in [1.82, 2.24) is 9.80 Å². The molecule has 76 valence electrons. The average Bonchev–Trinajstić information content (AvgIpc) is 2.11. The number of nitrogens with zero attached hydrogens (tertiary/aromatic N) is 2. The summed E-state index contributed by atoms with van der Waals surface area (Å²) in [4.78, 5) is 23.3. The molecule has 0 aromatic rings. The predicted molar refractivity (Wildman–Crippen MR) is 43.1 cm³/mol. The van der Waals surface area contributed by atoms with Gasteiger partial charge in [0.25, 0.3) is 0 Å². The SMILES string of the molecule is COC(=O)N(C)CCN(C)C(=O)[O-].[K+]. The maximum absolute atomic E-state index is 10.8. The Kier molecular flexibility index (Phi) is 10.1. The Bertz CT molecular complexity index is 200. The van der Waals surface area contributed by atoms with E-state index in [2.05, 4.69) is 4.74 Å². The first-order chi connectivity index (χ1) is 5.99. The van der Waals surface area contributed by atoms with Crippen molar-refractivity contribution in [2.24, 2.45) is 0 Å². The Balaban J connectivity index is 0. The van der Waals surface area contributed by atoms with Gasteiger partial charge in [0.2, 0.25) is 0 Å². The van der Waals surface area contributed by atoms with Gasteiger partial charge in [0.15, 0.2) is 0 Å². The number of amides is 2. The van der Waals surface area contributed by atoms with Gasteiger partial charge in [-0.05, 0) is 0 Å². The van der Waals surface area contributed by atoms with E-state index in [0.29, 0.717) is 0 Å². The molecule has 0 N–H and O–H groups in total. The fraction of sp³-hybridized carbons (Fsp3) is 0.714. The topological polar surface area (TPSA) is 72.9 Å². The second kappa shape index (κ2) is 8.48. The van der Waals surface area contributed by atoms with Crippen LogP contribution in [-0.2, 0) is 4.74 Å². The minimum Gasteiger partial charge on any atom is -0.530 e. The normalized spacial score (nSPS) is 8.50. The van der Waals surface area contributed by atoms with Crippen molar-refractivity contribution in [1.29, 1.82) is 0 Å². The third-order valence-electron chi connectivity index (χ3n) is 1.57. The Morgan fingerprint density at radius 1 is 1.21 bits per heavy atom. The molecule has 0 heterocycles. The molecule has 14 heavy (non-hydrogen) atoms. The van der Waals surface area contributed by atoms with Gasteiger partial charge in [-0.1, -0.05) is 0 Å². The van der Waals surface area contributed by atoms with Crippen molar-refractivity contribution < 1.29 is 70.8 Å². The summed E-state index contributed by atoms with van der Waals surface area (Å²) in [7, 11) is 4.16. The molecule has 0 aromatic heterocycles. The summed E-state index contributed by atoms with van der Waals surface area (Å²) in [6, 6.07) is 0. The van der Waals surface area contributed by atoms with Gasteiger partial charge in [0, 0.05) is 27.2 Å². The smallest absolute Gasteiger partial charge is 0.530 e. The standard InChI is InChI=1S/C7H14N2O4.K/c1-8(6(10)11)4-5-9(2)7(12)13-3;/h4-5H2,1-3H3,(H,10,11);/q;+1/p-1. The van der Waals surface area contributed by atoms with Gasteiger partial charge in [-0.3, -0.25) is 0 Å². The van der Waals surface area contributed by atoms with E-state index in [1.807, 2.05) is 0 Å². The molecule has 0 spiro atoms. The molecule has 0 unspecified atom stereocenters. The Morgan fingerprint density at radius 3 is 2.00 bits per heavy atom. The summed E-state index contributed by atoms with van der Waals surface area (Å²) >= 11 is 0. The van der Waals surface area contributed by atoms with Gasteiger partial charge in [-0.25, -0.2) is 4.79 Å². The summed E-state index contributed by atoms with van der Waals surface area (Å²) in [5.41, 5.74) is 0. The van der Waals surface area contributed by atoms with E-state index < -0.39 is 12.2 Å². The van der Waals surface area contributed by atoms with Crippen LogP contribution in [0.2, 0.25) is 0 Å². The van der Waals surface area contributed by atoms with E-state index >= 15 is 0 Å². The number of carbonyl (C=O) groups is 2. The van der Waals surface area contributed by atoms with Crippen LogP contribution in [0.3, 0.4) is 0 Å². The second-order valence-corrected chi connectivity index (χ2v) is 2.58. The van der Waals surface area contributed by atoms with Gasteiger partial charge in [-0.15, -0.1) is 0 Å². The van der Waals surface area contributed by atoms with Crippen LogP contribution in [-0.4, -0.2) is 56.3 Å². The van der Waals surface area contributed by atoms with Crippen molar-refractivity contribution in [3.8, 4) is 0 Å². The van der Waals surface area contributed by atoms with Gasteiger partial charge in [0.05, 0.1) is 7.11 Å². The third-order valence-corrected chi connectivity index (χ3v) is 1.57. The zero-order chi connectivity index (χ0) is 10.4. The number of hydrogen-bond acceptors (Lipinski definition) is 4. The summed E-state index contributed by atoms with van der Waals surface area (Å²) in [6.45, 7) is 0.477. The number of methoxy groups -OCH3 is 1. The van der Waals surface area contributed by atoms with Crippen LogP contribution >= 0.6 is 0 Å². The van der Waals surface area contributed by atoms with Crippen LogP contribution < -0.4 is 56.5 Å². The van der Waals surface area contributed by atoms with Crippen molar-refractivity contribution in [2.45, 2.75) is 0 Å². The van der Waals surface area contributed by atoms with Gasteiger partial charge in [-0.2, -0.15) is 0 Å². The molecule has 0 saturated carbocycles. The van der Waals surface area contributed by atoms with Crippen molar-refractivity contribution in [3.05, 3.63) is 0 Å². The maximum atomic E-state index is 10.8. The number of rotatable bonds is 3. The second-order valence-electron chi connectivity index (χ2n) is 2.58.